The number of rotatable bonds is 5. The van der Waals surface area contributed by atoms with Gasteiger partial charge in [-0.1, -0.05) is 13.3 Å². The quantitative estimate of drug-likeness (QED) is 0.489. The predicted octanol–water partition coefficient (Wildman–Crippen LogP) is 2.29. The van der Waals surface area contributed by atoms with Crippen LogP contribution in [-0.2, 0) is 4.74 Å². The van der Waals surface area contributed by atoms with E-state index in [0.29, 0.717) is 0 Å². The zero-order valence-corrected chi connectivity index (χ0v) is 10.1. The van der Waals surface area contributed by atoms with Crippen molar-refractivity contribution >= 4 is 0 Å². The van der Waals surface area contributed by atoms with Gasteiger partial charge in [-0.2, -0.15) is 0 Å². The molecule has 0 N–H and O–H groups in total. The summed E-state index contributed by atoms with van der Waals surface area (Å²) in [6.07, 6.45) is 4.20. The number of quaternary nitrogens is 1. The van der Waals surface area contributed by atoms with Crippen LogP contribution in [0.3, 0.4) is 0 Å². The minimum Gasteiger partial charge on any atom is -0.376 e. The Kier molecular flexibility index (Phi) is 4.90. The number of likely N-dealkylation sites (N-methyl/N-ethyl adjacent to an activating group) is 1. The molecule has 84 valence electrons. The number of hydrogen-bond donors (Lipinski definition) is 0. The molecule has 14 heavy (non-hydrogen) atoms. The number of piperidine rings is 1. The van der Waals surface area contributed by atoms with E-state index in [4.69, 9.17) is 4.74 Å². The van der Waals surface area contributed by atoms with E-state index in [1.807, 2.05) is 0 Å². The minimum absolute atomic E-state index is 0.859. The SMILES string of the molecule is CCOCC[N+]1(C)CCC(CC)CC1. The van der Waals surface area contributed by atoms with Gasteiger partial charge in [0.1, 0.15) is 6.54 Å². The molecule has 0 saturated carbocycles. The molecule has 1 saturated heterocycles. The summed E-state index contributed by atoms with van der Waals surface area (Å²) >= 11 is 0. The second-order valence-corrected chi connectivity index (χ2v) is 4.84. The van der Waals surface area contributed by atoms with Crippen LogP contribution in [0.1, 0.15) is 33.1 Å². The maximum absolute atomic E-state index is 5.44. The highest BCUT2D eigenvalue weighted by molar-refractivity contribution is 4.62. The average molecular weight is 200 g/mol. The van der Waals surface area contributed by atoms with E-state index in [2.05, 4.69) is 20.9 Å². The molecule has 0 aromatic carbocycles. The third kappa shape index (κ3) is 3.58. The highest BCUT2D eigenvalue weighted by atomic mass is 16.5. The summed E-state index contributed by atoms with van der Waals surface area (Å²) in [6, 6.07) is 0. The van der Waals surface area contributed by atoms with Crippen molar-refractivity contribution < 1.29 is 9.22 Å². The maximum atomic E-state index is 5.44. The highest BCUT2D eigenvalue weighted by Crippen LogP contribution is 2.23. The van der Waals surface area contributed by atoms with Gasteiger partial charge in [-0.3, -0.25) is 0 Å². The number of ether oxygens (including phenoxy) is 1. The van der Waals surface area contributed by atoms with Gasteiger partial charge in [-0.25, -0.2) is 0 Å². The van der Waals surface area contributed by atoms with Gasteiger partial charge >= 0.3 is 0 Å². The molecule has 2 nitrogen and oxygen atoms in total. The standard InChI is InChI=1S/C12H26NO/c1-4-12-6-8-13(3,9-7-12)10-11-14-5-2/h12H,4-11H2,1-3H3/q+1. The van der Waals surface area contributed by atoms with E-state index >= 15 is 0 Å². The lowest BCUT2D eigenvalue weighted by Gasteiger charge is -2.40. The second kappa shape index (κ2) is 5.72. The fraction of sp³-hybridized carbons (Fsp3) is 1.00. The van der Waals surface area contributed by atoms with Gasteiger partial charge in [0.15, 0.2) is 0 Å². The van der Waals surface area contributed by atoms with E-state index in [0.717, 1.165) is 19.1 Å². The smallest absolute Gasteiger partial charge is 0.102 e. The molecule has 1 rings (SSSR count). The van der Waals surface area contributed by atoms with Gasteiger partial charge in [0.05, 0.1) is 26.7 Å². The second-order valence-electron chi connectivity index (χ2n) is 4.84. The summed E-state index contributed by atoms with van der Waals surface area (Å²) in [4.78, 5) is 0. The van der Waals surface area contributed by atoms with Gasteiger partial charge in [-0.15, -0.1) is 0 Å². The monoisotopic (exact) mass is 200 g/mol. The number of nitrogens with zero attached hydrogens (tertiary/aromatic N) is 1. The Labute approximate surface area is 88.8 Å². The van der Waals surface area contributed by atoms with Crippen molar-refractivity contribution in [3.63, 3.8) is 0 Å². The predicted molar refractivity (Wildman–Crippen MR) is 60.3 cm³/mol. The van der Waals surface area contributed by atoms with Crippen molar-refractivity contribution in [2.75, 3.05) is 39.9 Å². The van der Waals surface area contributed by atoms with Crippen LogP contribution in [0.5, 0.6) is 0 Å². The molecule has 2 heteroatoms. The van der Waals surface area contributed by atoms with Gasteiger partial charge < -0.3 is 9.22 Å². The van der Waals surface area contributed by atoms with Crippen molar-refractivity contribution in [3.8, 4) is 0 Å². The van der Waals surface area contributed by atoms with Gasteiger partial charge in [0, 0.05) is 6.61 Å². The first kappa shape index (κ1) is 12.0. The molecule has 1 aliphatic heterocycles. The zero-order valence-electron chi connectivity index (χ0n) is 10.1. The van der Waals surface area contributed by atoms with Gasteiger partial charge in [0.2, 0.25) is 0 Å². The summed E-state index contributed by atoms with van der Waals surface area (Å²) in [6.45, 7) is 10.1. The third-order valence-electron chi connectivity index (χ3n) is 3.71. The lowest BCUT2D eigenvalue weighted by atomic mass is 9.93. The lowest BCUT2D eigenvalue weighted by molar-refractivity contribution is -0.915. The van der Waals surface area contributed by atoms with Crippen LogP contribution < -0.4 is 0 Å². The zero-order chi connectivity index (χ0) is 10.4. The van der Waals surface area contributed by atoms with Crippen molar-refractivity contribution in [1.82, 2.24) is 0 Å². The average Bonchev–Trinajstić information content (AvgIpc) is 2.19. The van der Waals surface area contributed by atoms with Crippen LogP contribution in [0.2, 0.25) is 0 Å². The molecule has 0 spiro atoms. The molecular formula is C12H26NO+. The molecule has 0 amide bonds. The lowest BCUT2D eigenvalue weighted by Crippen LogP contribution is -2.51. The summed E-state index contributed by atoms with van der Waals surface area (Å²) in [5, 5.41) is 0. The van der Waals surface area contributed by atoms with Crippen LogP contribution >= 0.6 is 0 Å². The first-order valence-corrected chi connectivity index (χ1v) is 6.11. The molecule has 1 aliphatic rings. The first-order chi connectivity index (χ1) is 6.70. The number of hydrogen-bond acceptors (Lipinski definition) is 1. The van der Waals surface area contributed by atoms with Crippen molar-refractivity contribution in [1.29, 1.82) is 0 Å². The van der Waals surface area contributed by atoms with Crippen LogP contribution in [-0.4, -0.2) is 44.4 Å². The molecule has 0 aromatic heterocycles. The Morgan fingerprint density at radius 2 is 1.86 bits per heavy atom. The fourth-order valence-electron chi connectivity index (χ4n) is 2.31. The Morgan fingerprint density at radius 3 is 2.36 bits per heavy atom. The first-order valence-electron chi connectivity index (χ1n) is 6.11. The number of likely N-dealkylation sites (tertiary alicyclic amines) is 1. The molecule has 0 atom stereocenters. The molecule has 0 radical (unpaired) electrons. The van der Waals surface area contributed by atoms with Crippen molar-refractivity contribution in [2.45, 2.75) is 33.1 Å². The van der Waals surface area contributed by atoms with Crippen molar-refractivity contribution in [3.05, 3.63) is 0 Å². The van der Waals surface area contributed by atoms with Gasteiger partial charge in [0.25, 0.3) is 0 Å². The highest BCUT2D eigenvalue weighted by Gasteiger charge is 2.28. The van der Waals surface area contributed by atoms with E-state index in [1.54, 1.807) is 0 Å². The molecule has 0 bridgehead atoms. The fourth-order valence-corrected chi connectivity index (χ4v) is 2.31. The third-order valence-corrected chi connectivity index (χ3v) is 3.71. The maximum Gasteiger partial charge on any atom is 0.102 e. The molecule has 0 unspecified atom stereocenters. The molecule has 1 heterocycles. The Balaban J connectivity index is 2.23. The summed E-state index contributed by atoms with van der Waals surface area (Å²) in [7, 11) is 2.38. The van der Waals surface area contributed by atoms with E-state index in [9.17, 15) is 0 Å². The molecule has 1 fully saturated rings. The summed E-state index contributed by atoms with van der Waals surface area (Å²) < 4.78 is 6.67. The van der Waals surface area contributed by atoms with Crippen LogP contribution in [0.4, 0.5) is 0 Å². The minimum atomic E-state index is 0.859. The van der Waals surface area contributed by atoms with Crippen molar-refractivity contribution in [2.24, 2.45) is 5.92 Å². The summed E-state index contributed by atoms with van der Waals surface area (Å²) in [5.41, 5.74) is 0. The topological polar surface area (TPSA) is 9.23 Å². The van der Waals surface area contributed by atoms with E-state index in [1.165, 1.54) is 43.4 Å². The Bertz CT molecular complexity index is 145. The molecule has 0 aromatic rings. The summed E-state index contributed by atoms with van der Waals surface area (Å²) in [5.74, 6) is 0.994. The molecular weight excluding hydrogens is 174 g/mol. The van der Waals surface area contributed by atoms with Gasteiger partial charge in [-0.05, 0) is 25.7 Å². The normalized spacial score (nSPS) is 33.2. The Morgan fingerprint density at radius 1 is 1.21 bits per heavy atom. The molecule has 0 aliphatic carbocycles. The van der Waals surface area contributed by atoms with E-state index in [-0.39, 0.29) is 0 Å². The van der Waals surface area contributed by atoms with Crippen LogP contribution in [0.15, 0.2) is 0 Å². The van der Waals surface area contributed by atoms with E-state index < -0.39 is 0 Å². The largest absolute Gasteiger partial charge is 0.376 e. The Hall–Kier alpha value is -0.0800. The van der Waals surface area contributed by atoms with Crippen LogP contribution in [0.25, 0.3) is 0 Å². The van der Waals surface area contributed by atoms with Crippen LogP contribution in [0, 0.1) is 5.92 Å².